The molecule has 0 bridgehead atoms. The Labute approximate surface area is 159 Å². The maximum absolute atomic E-state index is 12.2. The Morgan fingerprint density at radius 3 is 2.50 bits per heavy atom. The minimum Gasteiger partial charge on any atom is -0.493 e. The Bertz CT molecular complexity index is 765. The number of likely N-dealkylation sites (N-methyl/N-ethyl adjacent to an activating group) is 1. The van der Waals surface area contributed by atoms with Gasteiger partial charge in [-0.05, 0) is 42.3 Å². The smallest absolute Gasteiger partial charge is 0.279 e. The molecule has 0 aliphatic carbocycles. The highest BCUT2D eigenvalue weighted by Crippen LogP contribution is 2.27. The van der Waals surface area contributed by atoms with E-state index in [2.05, 4.69) is 5.32 Å². The van der Waals surface area contributed by atoms with Crippen molar-refractivity contribution in [1.29, 1.82) is 0 Å². The lowest BCUT2D eigenvalue weighted by atomic mass is 10.1. The second kappa shape index (κ2) is 9.46. The quantitative estimate of drug-likeness (QED) is 0.742. The molecule has 0 aliphatic rings. The van der Waals surface area contributed by atoms with Gasteiger partial charge in [0.25, 0.3) is 5.91 Å². The van der Waals surface area contributed by atoms with Crippen molar-refractivity contribution < 1.29 is 19.2 Å². The van der Waals surface area contributed by atoms with E-state index in [9.17, 15) is 4.79 Å². The predicted octanol–water partition coefficient (Wildman–Crippen LogP) is 2.36. The molecule has 2 aromatic carbocycles. The lowest BCUT2D eigenvalue weighted by Gasteiger charge is -2.15. The molecule has 140 valence electrons. The molecule has 0 aromatic heterocycles. The molecule has 0 aliphatic heterocycles. The van der Waals surface area contributed by atoms with Crippen molar-refractivity contribution in [2.45, 2.75) is 13.3 Å². The van der Waals surface area contributed by atoms with E-state index in [1.807, 2.05) is 44.3 Å². The Kier molecular flexibility index (Phi) is 7.30. The van der Waals surface area contributed by atoms with E-state index < -0.39 is 0 Å². The molecular formula is C20H26ClN2O3+. The molecule has 6 heteroatoms. The molecule has 26 heavy (non-hydrogen) atoms. The summed E-state index contributed by atoms with van der Waals surface area (Å²) in [5.41, 5.74) is 2.85. The van der Waals surface area contributed by atoms with Crippen LogP contribution in [-0.2, 0) is 11.2 Å². The van der Waals surface area contributed by atoms with E-state index in [1.54, 1.807) is 20.3 Å². The molecule has 2 N–H and O–H groups in total. The highest BCUT2D eigenvalue weighted by atomic mass is 35.5. The number of quaternary nitrogens is 1. The van der Waals surface area contributed by atoms with Crippen molar-refractivity contribution in [3.63, 3.8) is 0 Å². The summed E-state index contributed by atoms with van der Waals surface area (Å²) in [4.78, 5) is 13.3. The first-order valence-electron chi connectivity index (χ1n) is 8.51. The number of anilines is 1. The SMILES string of the molecule is COc1ccc(CC[NH+](C)CC(=O)Nc2ccc(C)c(Cl)c2)cc1OC. The first kappa shape index (κ1) is 20.1. The summed E-state index contributed by atoms with van der Waals surface area (Å²) in [6.45, 7) is 3.15. The molecule has 0 heterocycles. The van der Waals surface area contributed by atoms with E-state index >= 15 is 0 Å². The number of carbonyl (C=O) groups excluding carboxylic acids is 1. The second-order valence-electron chi connectivity index (χ2n) is 6.34. The van der Waals surface area contributed by atoms with Gasteiger partial charge >= 0.3 is 0 Å². The first-order valence-corrected chi connectivity index (χ1v) is 8.89. The zero-order chi connectivity index (χ0) is 19.1. The summed E-state index contributed by atoms with van der Waals surface area (Å²) < 4.78 is 10.6. The minimum atomic E-state index is -0.0327. The van der Waals surface area contributed by atoms with Gasteiger partial charge < -0.3 is 19.7 Å². The molecular weight excluding hydrogens is 352 g/mol. The van der Waals surface area contributed by atoms with Crippen LogP contribution in [-0.4, -0.2) is 40.3 Å². The Hall–Kier alpha value is -2.24. The maximum atomic E-state index is 12.2. The van der Waals surface area contributed by atoms with Crippen LogP contribution in [0.2, 0.25) is 5.02 Å². The summed E-state index contributed by atoms with van der Waals surface area (Å²) in [5.74, 6) is 1.40. The van der Waals surface area contributed by atoms with Crippen molar-refractivity contribution >= 4 is 23.2 Å². The zero-order valence-electron chi connectivity index (χ0n) is 15.7. The third-order valence-electron chi connectivity index (χ3n) is 4.21. The summed E-state index contributed by atoms with van der Waals surface area (Å²) in [5, 5.41) is 3.54. The van der Waals surface area contributed by atoms with Crippen molar-refractivity contribution in [1.82, 2.24) is 0 Å². The van der Waals surface area contributed by atoms with Crippen LogP contribution in [0.1, 0.15) is 11.1 Å². The Morgan fingerprint density at radius 1 is 1.12 bits per heavy atom. The number of rotatable bonds is 8. The maximum Gasteiger partial charge on any atom is 0.279 e. The number of methoxy groups -OCH3 is 2. The summed E-state index contributed by atoms with van der Waals surface area (Å²) in [6.07, 6.45) is 0.843. The third kappa shape index (κ3) is 5.64. The number of nitrogens with one attached hydrogen (secondary N) is 2. The monoisotopic (exact) mass is 377 g/mol. The molecule has 1 atom stereocenters. The van der Waals surface area contributed by atoms with Crippen LogP contribution in [0.15, 0.2) is 36.4 Å². The van der Waals surface area contributed by atoms with Gasteiger partial charge in [-0.15, -0.1) is 0 Å². The van der Waals surface area contributed by atoms with Gasteiger partial charge in [0.1, 0.15) is 0 Å². The summed E-state index contributed by atoms with van der Waals surface area (Å²) >= 11 is 6.09. The van der Waals surface area contributed by atoms with Gasteiger partial charge in [-0.25, -0.2) is 0 Å². The molecule has 1 amide bonds. The Balaban J connectivity index is 1.85. The van der Waals surface area contributed by atoms with E-state index in [-0.39, 0.29) is 5.91 Å². The van der Waals surface area contributed by atoms with Gasteiger partial charge in [-0.3, -0.25) is 4.79 Å². The molecule has 2 rings (SSSR count). The molecule has 2 aromatic rings. The third-order valence-corrected chi connectivity index (χ3v) is 4.61. The highest BCUT2D eigenvalue weighted by molar-refractivity contribution is 6.31. The van der Waals surface area contributed by atoms with Crippen molar-refractivity contribution in [2.75, 3.05) is 39.7 Å². The van der Waals surface area contributed by atoms with Crippen LogP contribution in [0.3, 0.4) is 0 Å². The average molecular weight is 378 g/mol. The van der Waals surface area contributed by atoms with Gasteiger partial charge in [0, 0.05) is 17.1 Å². The fourth-order valence-corrected chi connectivity index (χ4v) is 2.81. The van der Waals surface area contributed by atoms with Gasteiger partial charge in [0.05, 0.1) is 27.8 Å². The summed E-state index contributed by atoms with van der Waals surface area (Å²) in [7, 11) is 5.25. The van der Waals surface area contributed by atoms with E-state index in [4.69, 9.17) is 21.1 Å². The number of ether oxygens (including phenoxy) is 2. The molecule has 0 fully saturated rings. The molecule has 0 saturated carbocycles. The van der Waals surface area contributed by atoms with Crippen LogP contribution in [0, 0.1) is 6.92 Å². The van der Waals surface area contributed by atoms with Crippen LogP contribution >= 0.6 is 11.6 Å². The van der Waals surface area contributed by atoms with Gasteiger partial charge in [0.15, 0.2) is 18.0 Å². The average Bonchev–Trinajstić information content (AvgIpc) is 2.62. The van der Waals surface area contributed by atoms with Crippen LogP contribution < -0.4 is 19.7 Å². The molecule has 5 nitrogen and oxygen atoms in total. The zero-order valence-corrected chi connectivity index (χ0v) is 16.4. The van der Waals surface area contributed by atoms with Crippen molar-refractivity contribution in [3.05, 3.63) is 52.5 Å². The lowest BCUT2D eigenvalue weighted by Crippen LogP contribution is -3.10. The normalized spacial score (nSPS) is 11.7. The fraction of sp³-hybridized carbons (Fsp3) is 0.350. The number of aryl methyl sites for hydroxylation is 1. The van der Waals surface area contributed by atoms with Crippen molar-refractivity contribution in [3.8, 4) is 11.5 Å². The fourth-order valence-electron chi connectivity index (χ4n) is 2.63. The number of amides is 1. The number of hydrogen-bond acceptors (Lipinski definition) is 3. The lowest BCUT2D eigenvalue weighted by molar-refractivity contribution is -0.870. The number of carbonyl (C=O) groups is 1. The van der Waals surface area contributed by atoms with Crippen LogP contribution in [0.25, 0.3) is 0 Å². The van der Waals surface area contributed by atoms with E-state index in [0.717, 1.165) is 40.4 Å². The largest absolute Gasteiger partial charge is 0.493 e. The van der Waals surface area contributed by atoms with Crippen molar-refractivity contribution in [2.24, 2.45) is 0 Å². The molecule has 0 spiro atoms. The summed E-state index contributed by atoms with van der Waals surface area (Å²) in [6, 6.07) is 11.4. The highest BCUT2D eigenvalue weighted by Gasteiger charge is 2.12. The second-order valence-corrected chi connectivity index (χ2v) is 6.74. The minimum absolute atomic E-state index is 0.0327. The standard InChI is InChI=1S/C20H25ClN2O3/c1-14-5-7-16(12-17(14)21)22-20(24)13-23(2)10-9-15-6-8-18(25-3)19(11-15)26-4/h5-8,11-12H,9-10,13H2,1-4H3,(H,22,24)/p+1. The van der Waals surface area contributed by atoms with E-state index in [1.165, 1.54) is 0 Å². The molecule has 1 unspecified atom stereocenters. The Morgan fingerprint density at radius 2 is 1.85 bits per heavy atom. The molecule has 0 radical (unpaired) electrons. The van der Waals surface area contributed by atoms with Gasteiger partial charge in [0.2, 0.25) is 0 Å². The first-order chi connectivity index (χ1) is 12.4. The molecule has 0 saturated heterocycles. The van der Waals surface area contributed by atoms with E-state index in [0.29, 0.717) is 17.3 Å². The van der Waals surface area contributed by atoms with Gasteiger partial charge in [-0.1, -0.05) is 23.7 Å². The predicted molar refractivity (Wildman–Crippen MR) is 105 cm³/mol. The number of halogens is 1. The van der Waals surface area contributed by atoms with Crippen LogP contribution in [0.5, 0.6) is 11.5 Å². The van der Waals surface area contributed by atoms with Gasteiger partial charge in [-0.2, -0.15) is 0 Å². The number of hydrogen-bond donors (Lipinski definition) is 2. The topological polar surface area (TPSA) is 52.0 Å². The number of benzene rings is 2. The van der Waals surface area contributed by atoms with Crippen LogP contribution in [0.4, 0.5) is 5.69 Å².